The number of hydrogen-bond acceptors (Lipinski definition) is 30. The van der Waals surface area contributed by atoms with Crippen LogP contribution in [-0.4, -0.2) is 334 Å². The van der Waals surface area contributed by atoms with Crippen molar-refractivity contribution in [3.8, 4) is 0 Å². The molecule has 4 aliphatic rings. The second-order valence-electron chi connectivity index (χ2n) is 24.4. The first-order chi connectivity index (χ1) is 47.1. The summed E-state index contributed by atoms with van der Waals surface area (Å²) in [5, 5.41) is 143. The van der Waals surface area contributed by atoms with Gasteiger partial charge in [-0.3, -0.25) is 38.5 Å². The number of ether oxygens (including phenoxy) is 9. The lowest BCUT2D eigenvalue weighted by Gasteiger charge is -2.38. The molecule has 0 bridgehead atoms. The van der Waals surface area contributed by atoms with Crippen LogP contribution < -0.4 is 42.5 Å². The van der Waals surface area contributed by atoms with Crippen LogP contribution >= 0.6 is 0 Å². The van der Waals surface area contributed by atoms with Crippen molar-refractivity contribution in [1.82, 2.24) is 47.4 Å². The smallest absolute Gasteiger partial charge is 0.407 e. The molecule has 4 aliphatic heterocycles. The fourth-order valence-electron chi connectivity index (χ4n) is 10.5. The van der Waals surface area contributed by atoms with Crippen molar-refractivity contribution in [3.05, 3.63) is 35.9 Å². The van der Waals surface area contributed by atoms with E-state index in [0.29, 0.717) is 19.3 Å². The van der Waals surface area contributed by atoms with Gasteiger partial charge < -0.3 is 146 Å². The number of alkyl carbamates (subject to hydrolysis) is 1. The van der Waals surface area contributed by atoms with Gasteiger partial charge in [0.15, 0.2) is 25.2 Å². The second-order valence-corrected chi connectivity index (χ2v) is 24.4. The van der Waals surface area contributed by atoms with Crippen molar-refractivity contribution in [1.29, 1.82) is 0 Å². The minimum absolute atomic E-state index is 0.0687. The topological polar surface area (TPSA) is 562 Å². The Kier molecular flexibility index (Phi) is 36.3. The number of aliphatic hydroxyl groups is 12. The van der Waals surface area contributed by atoms with Gasteiger partial charge in [-0.05, 0) is 65.4 Å². The minimum Gasteiger partial charge on any atom is -0.445 e. The summed E-state index contributed by atoms with van der Waals surface area (Å²) in [6.07, 6.45) is -28.8. The Balaban J connectivity index is 1.27. The molecule has 0 spiro atoms. The van der Waals surface area contributed by atoms with E-state index in [9.17, 15) is 99.6 Å². The van der Waals surface area contributed by atoms with Crippen molar-refractivity contribution in [2.24, 2.45) is 0 Å². The van der Waals surface area contributed by atoms with Crippen LogP contribution in [0, 0.1) is 0 Å². The molecule has 564 valence electrons. The highest BCUT2D eigenvalue weighted by Gasteiger charge is 2.46. The summed E-state index contributed by atoms with van der Waals surface area (Å²) in [6, 6.07) is 5.99. The summed E-state index contributed by atoms with van der Waals surface area (Å²) < 4.78 is 48.9. The van der Waals surface area contributed by atoms with Gasteiger partial charge in [0.25, 0.3) is 0 Å². The van der Waals surface area contributed by atoms with Crippen LogP contribution in [0.25, 0.3) is 0 Å². The highest BCUT2D eigenvalue weighted by Crippen LogP contribution is 2.25. The largest absolute Gasteiger partial charge is 0.445 e. The van der Waals surface area contributed by atoms with Gasteiger partial charge in [-0.1, -0.05) is 30.3 Å². The van der Waals surface area contributed by atoms with Crippen molar-refractivity contribution in [2.45, 2.75) is 214 Å². The Morgan fingerprint density at radius 1 is 0.394 bits per heavy atom. The normalized spacial score (nSPS) is 30.6. The van der Waals surface area contributed by atoms with Gasteiger partial charge in [0, 0.05) is 52.1 Å². The Morgan fingerprint density at radius 3 is 1.08 bits per heavy atom. The Labute approximate surface area is 570 Å². The van der Waals surface area contributed by atoms with Crippen molar-refractivity contribution >= 4 is 47.4 Å². The quantitative estimate of drug-likeness (QED) is 0.0271. The van der Waals surface area contributed by atoms with Crippen molar-refractivity contribution < 1.29 is 142 Å². The predicted molar refractivity (Wildman–Crippen MR) is 336 cm³/mol. The lowest BCUT2D eigenvalue weighted by Crippen LogP contribution is -2.57. The summed E-state index contributed by atoms with van der Waals surface area (Å²) >= 11 is 0. The zero-order valence-electron chi connectivity index (χ0n) is 55.7. The maximum Gasteiger partial charge on any atom is 0.407 e. The number of nitrogens with zero attached hydrogens (tertiary/aromatic N) is 1. The standard InChI is InChI=1S/C61H101N9O29/c1-31-43(76)47(80)51(84)57(96-31)91-23-19-63-38(71)15-13-36(55(88)65-21-25-93-59-53(86)49(82)45(78)33(3)98-59)68-41(74)28-70(27-40(73)62-17-9-6-10-18-67-61(90)95-30-35-11-7-5-8-12-35)29-42(75)69-37(56(89)66-22-26-94-60-54(87)50(83)46(79)34(4)99-60)14-16-39(72)64-20-24-92-58-52(85)48(81)44(77)32(2)97-58/h5,7-8,11-12,31-34,36-37,43-54,57-60,76-87H,6,9-10,13-30H2,1-4H3,(H,62,73)(H,63,71)(H,64,72)(H,65,88)(H,66,89)(H,67,90)(H,68,74)(H,69,75)/t31-,32-,33-,34-,36-,37-,43+,44+,45+,46+,47+,48+,49+,50+,51-,52-,53-,54-,57+,58+,59+,60+/m0/s1. The lowest BCUT2D eigenvalue weighted by atomic mass is 10.0. The van der Waals surface area contributed by atoms with E-state index in [1.165, 1.54) is 27.7 Å². The van der Waals surface area contributed by atoms with E-state index in [1.54, 1.807) is 12.1 Å². The van der Waals surface area contributed by atoms with E-state index in [0.717, 1.165) is 10.5 Å². The number of rotatable bonds is 40. The third kappa shape index (κ3) is 28.0. The fourth-order valence-corrected chi connectivity index (χ4v) is 10.5. The molecule has 8 amide bonds. The molecule has 0 radical (unpaired) electrons. The van der Waals surface area contributed by atoms with Crippen LogP contribution in [0.15, 0.2) is 30.3 Å². The van der Waals surface area contributed by atoms with Crippen molar-refractivity contribution in [3.63, 3.8) is 0 Å². The van der Waals surface area contributed by atoms with E-state index in [-0.39, 0.29) is 85.1 Å². The average molecular weight is 1420 g/mol. The number of benzene rings is 1. The van der Waals surface area contributed by atoms with Crippen LogP contribution in [0.2, 0.25) is 0 Å². The molecule has 99 heavy (non-hydrogen) atoms. The van der Waals surface area contributed by atoms with E-state index in [4.69, 9.17) is 42.6 Å². The van der Waals surface area contributed by atoms with Gasteiger partial charge in [-0.15, -0.1) is 0 Å². The molecule has 0 unspecified atom stereocenters. The highest BCUT2D eigenvalue weighted by molar-refractivity contribution is 5.91. The zero-order valence-corrected chi connectivity index (χ0v) is 55.7. The lowest BCUT2D eigenvalue weighted by molar-refractivity contribution is -0.292. The summed E-state index contributed by atoms with van der Waals surface area (Å²) in [4.78, 5) is 109. The van der Waals surface area contributed by atoms with Crippen LogP contribution in [0.5, 0.6) is 0 Å². The van der Waals surface area contributed by atoms with Crippen LogP contribution in [0.4, 0.5) is 4.79 Å². The number of carbonyl (C=O) groups is 8. The summed E-state index contributed by atoms with van der Waals surface area (Å²) in [5.74, 6) is -5.74. The molecule has 4 fully saturated rings. The number of amides is 8. The number of unbranched alkanes of at least 4 members (excludes halogenated alkanes) is 2. The molecule has 1 aromatic carbocycles. The number of nitrogens with one attached hydrogen (secondary N) is 8. The van der Waals surface area contributed by atoms with E-state index in [1.807, 2.05) is 18.2 Å². The predicted octanol–water partition coefficient (Wildman–Crippen LogP) is -9.13. The maximum absolute atomic E-state index is 14.2. The van der Waals surface area contributed by atoms with Crippen LogP contribution in [0.1, 0.15) is 78.2 Å². The maximum atomic E-state index is 14.2. The summed E-state index contributed by atoms with van der Waals surface area (Å²) in [6.45, 7) is 1.75. The number of hydrogen-bond donors (Lipinski definition) is 20. The minimum atomic E-state index is -1.68. The van der Waals surface area contributed by atoms with Gasteiger partial charge in [0.2, 0.25) is 41.4 Å². The van der Waals surface area contributed by atoms with E-state index >= 15 is 0 Å². The van der Waals surface area contributed by atoms with Gasteiger partial charge in [0.1, 0.15) is 91.9 Å². The zero-order chi connectivity index (χ0) is 72.9. The molecule has 5 rings (SSSR count). The second kappa shape index (κ2) is 43.0. The molecular formula is C61H101N9O29. The first-order valence-electron chi connectivity index (χ1n) is 32.9. The first-order valence-corrected chi connectivity index (χ1v) is 32.9. The molecule has 0 aromatic heterocycles. The molecule has 38 nitrogen and oxygen atoms in total. The average Bonchev–Trinajstić information content (AvgIpc) is 0.851. The molecule has 4 heterocycles. The first kappa shape index (κ1) is 83.6. The van der Waals surface area contributed by atoms with Crippen LogP contribution in [-0.2, 0) is 82.8 Å². The molecular weight excluding hydrogens is 1320 g/mol. The Morgan fingerprint density at radius 2 is 0.717 bits per heavy atom. The number of aliphatic hydroxyl groups excluding tert-OH is 12. The fraction of sp³-hybridized carbons (Fsp3) is 0.770. The van der Waals surface area contributed by atoms with E-state index < -0.39 is 215 Å². The molecule has 1 aromatic rings. The Bertz CT molecular complexity index is 2520. The molecule has 22 atom stereocenters. The monoisotopic (exact) mass is 1420 g/mol. The Hall–Kier alpha value is -6.06. The number of carbonyl (C=O) groups excluding carboxylic acids is 8. The van der Waals surface area contributed by atoms with E-state index in [2.05, 4.69) is 42.5 Å². The SMILES string of the molecule is C[C@@H]1O[C@@H](OCCNC(=O)CC[C@H](NC(=O)CN(CC(=O)NCCCCCNC(=O)OCc2ccccc2)CC(=O)N[C@@H](CCC(=O)NCCO[C@@H]2O[C@@H](C)[C@@H](O)[C@@H](O)[C@@H]2O)C(=O)NCCO[C@@H]2O[C@@H](C)[C@@H](O)[C@@H](O)[C@@H]2O)C(=O)NCCO[C@@H]2O[C@@H](C)[C@@H](O)[C@@H](O)[C@@H]2O)[C@@H](O)[C@H](O)[C@@H]1O. The van der Waals surface area contributed by atoms with Gasteiger partial charge in [0.05, 0.1) is 70.5 Å². The molecule has 4 saturated heterocycles. The summed E-state index contributed by atoms with van der Waals surface area (Å²) in [5.41, 5.74) is 0.798. The highest BCUT2D eigenvalue weighted by atomic mass is 16.7. The van der Waals surface area contributed by atoms with Crippen molar-refractivity contribution in [2.75, 3.05) is 85.3 Å². The third-order valence-corrected chi connectivity index (χ3v) is 16.4. The molecule has 38 heteroatoms. The third-order valence-electron chi connectivity index (χ3n) is 16.4. The van der Waals surface area contributed by atoms with Crippen LogP contribution in [0.3, 0.4) is 0 Å². The molecule has 0 aliphatic carbocycles. The molecule has 0 saturated carbocycles. The molecule has 20 N–H and O–H groups in total. The van der Waals surface area contributed by atoms with Gasteiger partial charge in [-0.25, -0.2) is 4.79 Å². The van der Waals surface area contributed by atoms with Gasteiger partial charge >= 0.3 is 6.09 Å². The van der Waals surface area contributed by atoms with Gasteiger partial charge in [-0.2, -0.15) is 0 Å². The summed E-state index contributed by atoms with van der Waals surface area (Å²) in [7, 11) is 0.